The number of halogens is 5. The summed E-state index contributed by atoms with van der Waals surface area (Å²) in [7, 11) is 1.32. The van der Waals surface area contributed by atoms with E-state index in [2.05, 4.69) is 26.0 Å². The smallest absolute Gasteiger partial charge is 0.435 e. The second-order valence-corrected chi connectivity index (χ2v) is 21.8. The topological polar surface area (TPSA) is 244 Å². The van der Waals surface area contributed by atoms with Gasteiger partial charge in [0.15, 0.2) is 23.9 Å². The summed E-state index contributed by atoms with van der Waals surface area (Å²) in [4.78, 5) is 85.9. The van der Waals surface area contributed by atoms with Crippen LogP contribution in [0.3, 0.4) is 0 Å². The van der Waals surface area contributed by atoms with Crippen LogP contribution in [-0.2, 0) is 37.0 Å². The first-order valence-electron chi connectivity index (χ1n) is 24.8. The SMILES string of the molecule is Cn1c(-c2cn(-c3ccc(N)cc3F)nc2C(F)(F)F)cnc1C(=O)Nc1ccc(C(=O)N2CCN(C(=O)OCC[N+](CCCNC(=O)OC(C)(C)C)(CCCNC(=O)OC(C)(C)C)CC(=O)OC(C)(C)C)CC2)c(Cl)c1. The van der Waals surface area contributed by atoms with Gasteiger partial charge < -0.3 is 59.5 Å². The van der Waals surface area contributed by atoms with Crippen molar-refractivity contribution in [1.82, 2.24) is 39.8 Å². The predicted octanol–water partition coefficient (Wildman–Crippen LogP) is 7.80. The van der Waals surface area contributed by atoms with Gasteiger partial charge in [0.2, 0.25) is 0 Å². The molecule has 1 saturated heterocycles. The molecule has 1 aliphatic rings. The Morgan fingerprint density at radius 3 is 1.88 bits per heavy atom. The lowest BCUT2D eigenvalue weighted by molar-refractivity contribution is -0.921. The van der Waals surface area contributed by atoms with Crippen molar-refractivity contribution in [2.45, 2.75) is 98.1 Å². The number of alkyl halides is 3. The molecule has 26 heteroatoms. The summed E-state index contributed by atoms with van der Waals surface area (Å²) in [6.07, 6.45) is -3.97. The summed E-state index contributed by atoms with van der Waals surface area (Å²) in [6, 6.07) is 7.57. The molecule has 0 saturated carbocycles. The van der Waals surface area contributed by atoms with Crippen molar-refractivity contribution in [2.24, 2.45) is 7.05 Å². The standard InChI is InChI=1S/C51H68ClF4N11O10/c1-48(2,3)75-40(68)31-67(23-11-17-58-45(71)76-49(4,5)6,24-12-18-59-46(72)77-50(7,8)9)25-26-74-47(73)65-21-19-64(20-22-65)44(70)34-15-14-33(28-36(34)52)61-43(69)42-60-29-39(63(42)10)35-30-66(62-41(35)51(54,55)56)38-16-13-32(57)27-37(38)53/h13-16,27-30H,11-12,17-26,31,57H2,1-10H3,(H2-,58,59,61,69,70,71,72)/p+1. The van der Waals surface area contributed by atoms with Gasteiger partial charge in [0.05, 0.1) is 41.1 Å². The van der Waals surface area contributed by atoms with Gasteiger partial charge in [-0.25, -0.2) is 33.2 Å². The molecule has 0 bridgehead atoms. The van der Waals surface area contributed by atoms with Gasteiger partial charge in [-0.15, -0.1) is 0 Å². The first kappa shape index (κ1) is 60.7. The molecule has 0 atom stereocenters. The number of benzene rings is 2. The number of esters is 1. The number of rotatable bonds is 18. The number of hydrogen-bond acceptors (Lipinski definition) is 13. The third-order valence-electron chi connectivity index (χ3n) is 11.6. The first-order valence-corrected chi connectivity index (χ1v) is 25.2. The quantitative estimate of drug-likeness (QED) is 0.0186. The Hall–Kier alpha value is -7.15. The molecular weight excluding hydrogens is 1040 g/mol. The monoisotopic (exact) mass is 1110 g/mol. The zero-order valence-corrected chi connectivity index (χ0v) is 45.7. The predicted molar refractivity (Wildman–Crippen MR) is 277 cm³/mol. The van der Waals surface area contributed by atoms with Crippen LogP contribution in [0.2, 0.25) is 5.02 Å². The van der Waals surface area contributed by atoms with Crippen LogP contribution < -0.4 is 21.7 Å². The number of alkyl carbamates (subject to hydrolysis) is 2. The summed E-state index contributed by atoms with van der Waals surface area (Å²) in [6.45, 7) is 17.3. The fourth-order valence-corrected chi connectivity index (χ4v) is 8.43. The van der Waals surface area contributed by atoms with E-state index in [1.54, 1.807) is 62.3 Å². The molecule has 422 valence electrons. The number of piperazine rings is 1. The number of nitrogens with zero attached hydrogens (tertiary/aromatic N) is 7. The van der Waals surface area contributed by atoms with E-state index in [1.807, 2.05) is 0 Å². The van der Waals surface area contributed by atoms with Crippen LogP contribution in [0.4, 0.5) is 43.3 Å². The minimum Gasteiger partial charge on any atom is -0.456 e. The molecule has 5 N–H and O–H groups in total. The number of nitrogens with two attached hydrogens (primary N) is 1. The summed E-state index contributed by atoms with van der Waals surface area (Å²) in [5.41, 5.74) is 1.43. The lowest BCUT2D eigenvalue weighted by Crippen LogP contribution is -2.56. The highest BCUT2D eigenvalue weighted by atomic mass is 35.5. The van der Waals surface area contributed by atoms with Crippen molar-refractivity contribution >= 4 is 59.0 Å². The maximum atomic E-state index is 14.7. The second kappa shape index (κ2) is 24.9. The highest BCUT2D eigenvalue weighted by Gasteiger charge is 2.40. The van der Waals surface area contributed by atoms with E-state index in [4.69, 9.17) is 36.3 Å². The fraction of sp³-hybridized carbons (Fsp3) is 0.529. The van der Waals surface area contributed by atoms with Crippen LogP contribution in [0.1, 0.15) is 102 Å². The van der Waals surface area contributed by atoms with Crippen molar-refractivity contribution in [2.75, 3.05) is 83.1 Å². The van der Waals surface area contributed by atoms with E-state index < -0.39 is 76.1 Å². The van der Waals surface area contributed by atoms with E-state index in [0.717, 1.165) is 27.7 Å². The molecule has 21 nitrogen and oxygen atoms in total. The maximum Gasteiger partial charge on any atom is 0.435 e. The number of quaternary nitrogens is 1. The Bertz CT molecular complexity index is 2740. The Morgan fingerprint density at radius 1 is 0.779 bits per heavy atom. The number of ether oxygens (including phenoxy) is 4. The van der Waals surface area contributed by atoms with Crippen LogP contribution in [0.25, 0.3) is 16.9 Å². The molecule has 2 aromatic heterocycles. The Kier molecular flexibility index (Phi) is 19.6. The Balaban J connectivity index is 1.20. The van der Waals surface area contributed by atoms with Gasteiger partial charge in [-0.2, -0.15) is 18.3 Å². The minimum absolute atomic E-state index is 0.0264. The Labute approximate surface area is 449 Å². The van der Waals surface area contributed by atoms with Crippen LogP contribution in [-0.4, -0.2) is 159 Å². The molecule has 2 aromatic carbocycles. The van der Waals surface area contributed by atoms with Gasteiger partial charge in [-0.3, -0.25) is 9.59 Å². The number of carbonyl (C=O) groups is 6. The maximum absolute atomic E-state index is 14.7. The molecule has 3 heterocycles. The van der Waals surface area contributed by atoms with Crippen molar-refractivity contribution in [1.29, 1.82) is 0 Å². The van der Waals surface area contributed by atoms with Crippen molar-refractivity contribution in [3.05, 3.63) is 76.7 Å². The number of imidazole rings is 1. The number of carbonyl (C=O) groups excluding carboxylic acids is 6. The lowest BCUT2D eigenvalue weighted by atomic mass is 10.1. The van der Waals surface area contributed by atoms with E-state index in [9.17, 15) is 46.3 Å². The van der Waals surface area contributed by atoms with Gasteiger partial charge in [-0.1, -0.05) is 11.6 Å². The van der Waals surface area contributed by atoms with Gasteiger partial charge in [0.1, 0.15) is 35.6 Å². The minimum atomic E-state index is -4.96. The van der Waals surface area contributed by atoms with E-state index in [0.29, 0.717) is 25.9 Å². The number of aromatic nitrogens is 4. The molecule has 4 aromatic rings. The zero-order valence-electron chi connectivity index (χ0n) is 45.0. The summed E-state index contributed by atoms with van der Waals surface area (Å²) in [5.74, 6) is -2.97. The zero-order chi connectivity index (χ0) is 57.3. The number of hydrogen-bond donors (Lipinski definition) is 4. The third kappa shape index (κ3) is 18.0. The number of anilines is 2. The second-order valence-electron chi connectivity index (χ2n) is 21.4. The number of nitrogens with one attached hydrogen (secondary N) is 3. The molecular formula is C51H69ClF4N11O10+. The third-order valence-corrected chi connectivity index (χ3v) is 11.9. The van der Waals surface area contributed by atoms with Gasteiger partial charge in [0, 0.05) is 76.7 Å². The van der Waals surface area contributed by atoms with Crippen molar-refractivity contribution in [3.63, 3.8) is 0 Å². The lowest BCUT2D eigenvalue weighted by Gasteiger charge is -2.39. The van der Waals surface area contributed by atoms with Crippen molar-refractivity contribution < 1.29 is 69.8 Å². The van der Waals surface area contributed by atoms with Crippen LogP contribution in [0.15, 0.2) is 48.8 Å². The molecule has 0 radical (unpaired) electrons. The van der Waals surface area contributed by atoms with Crippen molar-refractivity contribution in [3.8, 4) is 16.9 Å². The highest BCUT2D eigenvalue weighted by molar-refractivity contribution is 6.34. The normalized spacial score (nSPS) is 13.4. The molecule has 77 heavy (non-hydrogen) atoms. The summed E-state index contributed by atoms with van der Waals surface area (Å²) in [5, 5.41) is 11.6. The van der Waals surface area contributed by atoms with Gasteiger partial charge in [0.25, 0.3) is 11.8 Å². The number of nitrogen functional groups attached to an aromatic ring is 1. The van der Waals surface area contributed by atoms with Gasteiger partial charge in [-0.05, 0) is 98.7 Å². The highest BCUT2D eigenvalue weighted by Crippen LogP contribution is 2.37. The van der Waals surface area contributed by atoms with Crippen LogP contribution in [0.5, 0.6) is 0 Å². The molecule has 1 fully saturated rings. The molecule has 5 amide bonds. The largest absolute Gasteiger partial charge is 0.456 e. The van der Waals surface area contributed by atoms with E-state index in [-0.39, 0.29) is 103 Å². The van der Waals surface area contributed by atoms with Crippen LogP contribution in [0, 0.1) is 5.82 Å². The first-order chi connectivity index (χ1) is 35.7. The van der Waals surface area contributed by atoms with Gasteiger partial charge >= 0.3 is 30.4 Å². The summed E-state index contributed by atoms with van der Waals surface area (Å²) < 4.78 is 81.5. The fourth-order valence-electron chi connectivity index (χ4n) is 8.17. The average molecular weight is 1110 g/mol. The summed E-state index contributed by atoms with van der Waals surface area (Å²) >= 11 is 6.58. The molecule has 1 aliphatic heterocycles. The molecule has 5 rings (SSSR count). The van der Waals surface area contributed by atoms with E-state index >= 15 is 0 Å². The molecule has 0 aliphatic carbocycles. The molecule has 0 unspecified atom stereocenters. The average Bonchev–Trinajstić information content (AvgIpc) is 3.92. The molecule has 0 spiro atoms. The van der Waals surface area contributed by atoms with Crippen LogP contribution >= 0.6 is 11.6 Å². The van der Waals surface area contributed by atoms with E-state index in [1.165, 1.54) is 47.2 Å². The number of amides is 5. The Morgan fingerprint density at radius 2 is 1.35 bits per heavy atom.